The Labute approximate surface area is 107 Å². The van der Waals surface area contributed by atoms with Gasteiger partial charge in [0.05, 0.1) is 6.61 Å². The highest BCUT2D eigenvalue weighted by Crippen LogP contribution is 2.21. The summed E-state index contributed by atoms with van der Waals surface area (Å²) >= 11 is 1.51. The van der Waals surface area contributed by atoms with Crippen molar-refractivity contribution in [2.45, 2.75) is 12.7 Å². The van der Waals surface area contributed by atoms with Crippen LogP contribution >= 0.6 is 12.0 Å². The SMILES string of the molecule is CCOSCc1ccc(-c2ccccc2)cc1. The molecule has 0 fully saturated rings. The Bertz CT molecular complexity index is 436. The molecule has 17 heavy (non-hydrogen) atoms. The van der Waals surface area contributed by atoms with Crippen LogP contribution in [-0.4, -0.2) is 6.61 Å². The van der Waals surface area contributed by atoms with Gasteiger partial charge in [-0.3, -0.25) is 0 Å². The third-order valence-electron chi connectivity index (χ3n) is 2.49. The van der Waals surface area contributed by atoms with Crippen LogP contribution in [0.15, 0.2) is 54.6 Å². The van der Waals surface area contributed by atoms with Crippen molar-refractivity contribution in [2.24, 2.45) is 0 Å². The standard InChI is InChI=1S/C15H16OS/c1-2-16-17-12-13-8-10-15(11-9-13)14-6-4-3-5-7-14/h3-11H,2,12H2,1H3. The fourth-order valence-electron chi connectivity index (χ4n) is 1.62. The van der Waals surface area contributed by atoms with E-state index < -0.39 is 0 Å². The smallest absolute Gasteiger partial charge is 0.0585 e. The van der Waals surface area contributed by atoms with Crippen LogP contribution in [0.5, 0.6) is 0 Å². The van der Waals surface area contributed by atoms with Gasteiger partial charge in [0.1, 0.15) is 0 Å². The lowest BCUT2D eigenvalue weighted by Gasteiger charge is -2.04. The Morgan fingerprint density at radius 1 is 0.882 bits per heavy atom. The van der Waals surface area contributed by atoms with E-state index in [9.17, 15) is 0 Å². The first kappa shape index (κ1) is 12.2. The second kappa shape index (κ2) is 6.48. The maximum atomic E-state index is 5.27. The Kier molecular flexibility index (Phi) is 4.65. The summed E-state index contributed by atoms with van der Waals surface area (Å²) in [6.07, 6.45) is 0. The lowest BCUT2D eigenvalue weighted by atomic mass is 10.0. The van der Waals surface area contributed by atoms with Crippen LogP contribution in [0.4, 0.5) is 0 Å². The Morgan fingerprint density at radius 2 is 1.53 bits per heavy atom. The highest BCUT2D eigenvalue weighted by molar-refractivity contribution is 7.93. The summed E-state index contributed by atoms with van der Waals surface area (Å²) < 4.78 is 5.27. The van der Waals surface area contributed by atoms with E-state index in [4.69, 9.17) is 4.18 Å². The van der Waals surface area contributed by atoms with Gasteiger partial charge in [0.25, 0.3) is 0 Å². The summed E-state index contributed by atoms with van der Waals surface area (Å²) in [5.74, 6) is 0.906. The molecule has 0 bridgehead atoms. The van der Waals surface area contributed by atoms with E-state index in [0.717, 1.165) is 12.4 Å². The minimum Gasteiger partial charge on any atom is -0.315 e. The Morgan fingerprint density at radius 3 is 2.18 bits per heavy atom. The minimum absolute atomic E-state index is 0.757. The molecule has 0 radical (unpaired) electrons. The van der Waals surface area contributed by atoms with Crippen LogP contribution < -0.4 is 0 Å². The maximum Gasteiger partial charge on any atom is 0.0585 e. The van der Waals surface area contributed by atoms with Crippen molar-refractivity contribution in [3.05, 3.63) is 60.2 Å². The van der Waals surface area contributed by atoms with Crippen molar-refractivity contribution >= 4 is 12.0 Å². The average Bonchev–Trinajstić information content (AvgIpc) is 2.41. The van der Waals surface area contributed by atoms with E-state index in [1.54, 1.807) is 0 Å². The summed E-state index contributed by atoms with van der Waals surface area (Å²) in [7, 11) is 0. The molecule has 2 aromatic rings. The van der Waals surface area contributed by atoms with Gasteiger partial charge in [-0.2, -0.15) is 0 Å². The molecule has 0 unspecified atom stereocenters. The van der Waals surface area contributed by atoms with Crippen molar-refractivity contribution in [1.29, 1.82) is 0 Å². The molecule has 0 N–H and O–H groups in total. The second-order valence-electron chi connectivity index (χ2n) is 3.73. The van der Waals surface area contributed by atoms with E-state index in [0.29, 0.717) is 0 Å². The molecule has 88 valence electrons. The number of benzene rings is 2. The zero-order valence-electron chi connectivity index (χ0n) is 9.93. The summed E-state index contributed by atoms with van der Waals surface area (Å²) in [4.78, 5) is 0. The highest BCUT2D eigenvalue weighted by Gasteiger charge is 1.97. The molecule has 0 spiro atoms. The van der Waals surface area contributed by atoms with Gasteiger partial charge < -0.3 is 4.18 Å². The van der Waals surface area contributed by atoms with Crippen molar-refractivity contribution in [3.63, 3.8) is 0 Å². The first-order chi connectivity index (χ1) is 8.40. The fourth-order valence-corrected chi connectivity index (χ4v) is 2.20. The highest BCUT2D eigenvalue weighted by atomic mass is 32.2. The topological polar surface area (TPSA) is 9.23 Å². The quantitative estimate of drug-likeness (QED) is 0.564. The van der Waals surface area contributed by atoms with Crippen LogP contribution in [0.25, 0.3) is 11.1 Å². The molecule has 0 aliphatic carbocycles. The lowest BCUT2D eigenvalue weighted by Crippen LogP contribution is -1.84. The predicted molar refractivity (Wildman–Crippen MR) is 74.8 cm³/mol. The molecule has 0 atom stereocenters. The molecular formula is C15H16OS. The first-order valence-corrected chi connectivity index (χ1v) is 6.70. The number of hydrogen-bond donors (Lipinski definition) is 0. The third-order valence-corrected chi connectivity index (χ3v) is 3.34. The molecule has 0 saturated heterocycles. The molecule has 1 nitrogen and oxygen atoms in total. The van der Waals surface area contributed by atoms with Crippen molar-refractivity contribution in [2.75, 3.05) is 6.61 Å². The second-order valence-corrected chi connectivity index (χ2v) is 4.49. The summed E-state index contributed by atoms with van der Waals surface area (Å²) in [5.41, 5.74) is 3.82. The van der Waals surface area contributed by atoms with Crippen LogP contribution in [0.3, 0.4) is 0 Å². The maximum absolute atomic E-state index is 5.27. The van der Waals surface area contributed by atoms with Gasteiger partial charge in [-0.15, -0.1) is 0 Å². The molecule has 0 aromatic heterocycles. The number of rotatable bonds is 5. The summed E-state index contributed by atoms with van der Waals surface area (Å²) in [6.45, 7) is 2.76. The van der Waals surface area contributed by atoms with Crippen LogP contribution in [0, 0.1) is 0 Å². The van der Waals surface area contributed by atoms with E-state index in [-0.39, 0.29) is 0 Å². The van der Waals surface area contributed by atoms with Crippen LogP contribution in [-0.2, 0) is 9.94 Å². The molecule has 0 saturated carbocycles. The zero-order valence-corrected chi connectivity index (χ0v) is 10.7. The van der Waals surface area contributed by atoms with Crippen molar-refractivity contribution < 1.29 is 4.18 Å². The molecule has 0 aliphatic rings. The average molecular weight is 244 g/mol. The van der Waals surface area contributed by atoms with E-state index in [2.05, 4.69) is 48.5 Å². The van der Waals surface area contributed by atoms with Gasteiger partial charge in [-0.25, -0.2) is 0 Å². The van der Waals surface area contributed by atoms with Gasteiger partial charge in [0.2, 0.25) is 0 Å². The lowest BCUT2D eigenvalue weighted by molar-refractivity contribution is 0.401. The number of hydrogen-bond acceptors (Lipinski definition) is 2. The molecule has 0 aliphatic heterocycles. The van der Waals surface area contributed by atoms with Crippen LogP contribution in [0.2, 0.25) is 0 Å². The molecular weight excluding hydrogens is 228 g/mol. The van der Waals surface area contributed by atoms with Crippen molar-refractivity contribution in [1.82, 2.24) is 0 Å². The molecule has 0 heterocycles. The van der Waals surface area contributed by atoms with E-state index in [1.165, 1.54) is 28.7 Å². The monoisotopic (exact) mass is 244 g/mol. The molecule has 2 rings (SSSR count). The fraction of sp³-hybridized carbons (Fsp3) is 0.200. The minimum atomic E-state index is 0.757. The van der Waals surface area contributed by atoms with Gasteiger partial charge >= 0.3 is 0 Å². The predicted octanol–water partition coefficient (Wildman–Crippen LogP) is 4.54. The van der Waals surface area contributed by atoms with Crippen molar-refractivity contribution in [3.8, 4) is 11.1 Å². The normalized spacial score (nSPS) is 10.4. The Hall–Kier alpha value is -1.25. The summed E-state index contributed by atoms with van der Waals surface area (Å²) in [6, 6.07) is 19.1. The zero-order chi connectivity index (χ0) is 11.9. The van der Waals surface area contributed by atoms with Gasteiger partial charge in [-0.1, -0.05) is 54.6 Å². The Balaban J connectivity index is 2.03. The van der Waals surface area contributed by atoms with E-state index in [1.807, 2.05) is 13.0 Å². The largest absolute Gasteiger partial charge is 0.315 e. The van der Waals surface area contributed by atoms with E-state index >= 15 is 0 Å². The molecule has 2 heteroatoms. The molecule has 0 amide bonds. The summed E-state index contributed by atoms with van der Waals surface area (Å²) in [5, 5.41) is 0. The van der Waals surface area contributed by atoms with Crippen LogP contribution in [0.1, 0.15) is 12.5 Å². The van der Waals surface area contributed by atoms with Gasteiger partial charge in [0.15, 0.2) is 0 Å². The first-order valence-electron chi connectivity index (χ1n) is 5.79. The van der Waals surface area contributed by atoms with Gasteiger partial charge in [-0.05, 0) is 35.7 Å². The molecule has 2 aromatic carbocycles. The third kappa shape index (κ3) is 3.62. The van der Waals surface area contributed by atoms with Gasteiger partial charge in [0, 0.05) is 5.75 Å².